The van der Waals surface area contributed by atoms with E-state index < -0.39 is 28.6 Å². The second-order valence-electron chi connectivity index (χ2n) is 5.08. The van der Waals surface area contributed by atoms with Crippen LogP contribution in [-0.4, -0.2) is 16.9 Å². The summed E-state index contributed by atoms with van der Waals surface area (Å²) >= 11 is 0. The third kappa shape index (κ3) is 4.03. The van der Waals surface area contributed by atoms with Gasteiger partial charge in [0.15, 0.2) is 17.7 Å². The van der Waals surface area contributed by atoms with E-state index in [9.17, 15) is 23.7 Å². The molecule has 1 unspecified atom stereocenters. The number of nitro benzene ring substituents is 1. The molecule has 126 valence electrons. The van der Waals surface area contributed by atoms with Crippen molar-refractivity contribution in [3.8, 4) is 5.75 Å². The number of non-ortho nitro benzene ring substituents is 1. The predicted octanol–water partition coefficient (Wildman–Crippen LogP) is 3.59. The number of ether oxygens (including phenoxy) is 1. The first-order valence-electron chi connectivity index (χ1n) is 6.95. The Balaban J connectivity index is 2.10. The maximum atomic E-state index is 13.1. The smallest absolute Gasteiger partial charge is 0.271 e. The summed E-state index contributed by atoms with van der Waals surface area (Å²) < 4.78 is 31.2. The molecular weight excluding hydrogens is 322 g/mol. The molecule has 6 nitrogen and oxygen atoms in total. The van der Waals surface area contributed by atoms with E-state index in [2.05, 4.69) is 5.32 Å². The number of nitrogens with zero attached hydrogens (tertiary/aromatic N) is 1. The lowest BCUT2D eigenvalue weighted by Gasteiger charge is -2.15. The first kappa shape index (κ1) is 17.3. The number of aryl methyl sites for hydroxylation is 1. The molecule has 0 fully saturated rings. The number of hydrogen-bond donors (Lipinski definition) is 1. The van der Waals surface area contributed by atoms with Crippen LogP contribution < -0.4 is 10.1 Å². The maximum absolute atomic E-state index is 13.1. The highest BCUT2D eigenvalue weighted by molar-refractivity contribution is 5.95. The lowest BCUT2D eigenvalue weighted by molar-refractivity contribution is -0.384. The van der Waals surface area contributed by atoms with Gasteiger partial charge in [-0.1, -0.05) is 6.07 Å². The summed E-state index contributed by atoms with van der Waals surface area (Å²) in [4.78, 5) is 22.3. The quantitative estimate of drug-likeness (QED) is 0.668. The molecule has 0 saturated carbocycles. The Morgan fingerprint density at radius 3 is 2.54 bits per heavy atom. The lowest BCUT2D eigenvalue weighted by atomic mass is 10.1. The number of nitro groups is 1. The minimum Gasteiger partial charge on any atom is -0.481 e. The molecule has 0 radical (unpaired) electrons. The Morgan fingerprint density at radius 1 is 1.21 bits per heavy atom. The molecule has 24 heavy (non-hydrogen) atoms. The van der Waals surface area contributed by atoms with Crippen LogP contribution in [0, 0.1) is 28.7 Å². The van der Waals surface area contributed by atoms with E-state index in [1.807, 2.05) is 0 Å². The second-order valence-corrected chi connectivity index (χ2v) is 5.08. The van der Waals surface area contributed by atoms with E-state index in [1.165, 1.54) is 31.2 Å². The number of carbonyl (C=O) groups is 1. The minimum atomic E-state index is -1.09. The molecular formula is C16H14F2N2O4. The Morgan fingerprint density at radius 2 is 1.92 bits per heavy atom. The molecule has 8 heteroatoms. The molecule has 0 bridgehead atoms. The molecule has 2 aromatic carbocycles. The fourth-order valence-corrected chi connectivity index (χ4v) is 1.90. The van der Waals surface area contributed by atoms with Gasteiger partial charge >= 0.3 is 0 Å². The molecule has 0 heterocycles. The van der Waals surface area contributed by atoms with Gasteiger partial charge in [-0.05, 0) is 31.5 Å². The summed E-state index contributed by atoms with van der Waals surface area (Å²) in [6.45, 7) is 3.10. The summed E-state index contributed by atoms with van der Waals surface area (Å²) in [5, 5.41) is 13.3. The van der Waals surface area contributed by atoms with Crippen molar-refractivity contribution >= 4 is 17.3 Å². The number of rotatable bonds is 5. The van der Waals surface area contributed by atoms with Gasteiger partial charge in [0.1, 0.15) is 5.75 Å². The third-order valence-electron chi connectivity index (χ3n) is 3.26. The molecule has 0 aliphatic heterocycles. The average molecular weight is 336 g/mol. The van der Waals surface area contributed by atoms with Gasteiger partial charge in [0.05, 0.1) is 10.6 Å². The van der Waals surface area contributed by atoms with Crippen LogP contribution in [0.1, 0.15) is 12.5 Å². The van der Waals surface area contributed by atoms with E-state index in [1.54, 1.807) is 6.92 Å². The number of anilines is 1. The molecule has 1 amide bonds. The zero-order chi connectivity index (χ0) is 17.9. The van der Waals surface area contributed by atoms with Crippen LogP contribution in [-0.2, 0) is 4.79 Å². The zero-order valence-corrected chi connectivity index (χ0v) is 12.9. The Labute approximate surface area is 136 Å². The number of amides is 1. The number of nitrogens with one attached hydrogen (secondary N) is 1. The normalized spacial score (nSPS) is 11.7. The van der Waals surface area contributed by atoms with Crippen molar-refractivity contribution in [1.29, 1.82) is 0 Å². The Hall–Kier alpha value is -3.03. The zero-order valence-electron chi connectivity index (χ0n) is 12.9. The van der Waals surface area contributed by atoms with E-state index in [4.69, 9.17) is 4.74 Å². The van der Waals surface area contributed by atoms with E-state index in [-0.39, 0.29) is 17.1 Å². The van der Waals surface area contributed by atoms with Gasteiger partial charge in [0.25, 0.3) is 11.6 Å². The van der Waals surface area contributed by atoms with Crippen molar-refractivity contribution in [3.63, 3.8) is 0 Å². The van der Waals surface area contributed by atoms with Crippen LogP contribution in [0.15, 0.2) is 36.4 Å². The fourth-order valence-electron chi connectivity index (χ4n) is 1.90. The molecule has 0 aliphatic rings. The molecule has 0 saturated heterocycles. The molecule has 1 N–H and O–H groups in total. The SMILES string of the molecule is Cc1ccc([N+](=O)[O-])cc1NC(=O)C(C)Oc1ccc(F)c(F)c1. The topological polar surface area (TPSA) is 81.5 Å². The molecule has 0 spiro atoms. The van der Waals surface area contributed by atoms with Crippen molar-refractivity contribution in [2.45, 2.75) is 20.0 Å². The van der Waals surface area contributed by atoms with Gasteiger partial charge in [0, 0.05) is 18.2 Å². The molecule has 2 aromatic rings. The van der Waals surface area contributed by atoms with Gasteiger partial charge in [-0.2, -0.15) is 0 Å². The summed E-state index contributed by atoms with van der Waals surface area (Å²) in [5.41, 5.74) is 0.744. The first-order chi connectivity index (χ1) is 11.3. The third-order valence-corrected chi connectivity index (χ3v) is 3.26. The van der Waals surface area contributed by atoms with Crippen molar-refractivity contribution < 1.29 is 23.2 Å². The largest absolute Gasteiger partial charge is 0.481 e. The molecule has 0 aromatic heterocycles. The van der Waals surface area contributed by atoms with Gasteiger partial charge in [-0.3, -0.25) is 14.9 Å². The van der Waals surface area contributed by atoms with Crippen LogP contribution >= 0.6 is 0 Å². The van der Waals surface area contributed by atoms with Crippen molar-refractivity contribution in [3.05, 3.63) is 63.7 Å². The summed E-state index contributed by atoms with van der Waals surface area (Å²) in [6, 6.07) is 6.98. The molecule has 2 rings (SSSR count). The average Bonchev–Trinajstić information content (AvgIpc) is 2.52. The minimum absolute atomic E-state index is 0.00712. The monoisotopic (exact) mass is 336 g/mol. The highest BCUT2D eigenvalue weighted by Crippen LogP contribution is 2.22. The van der Waals surface area contributed by atoms with Crippen molar-refractivity contribution in [2.75, 3.05) is 5.32 Å². The van der Waals surface area contributed by atoms with Crippen LogP contribution in [0.4, 0.5) is 20.2 Å². The predicted molar refractivity (Wildman–Crippen MR) is 82.9 cm³/mol. The standard InChI is InChI=1S/C16H14F2N2O4/c1-9-3-4-11(20(22)23)7-15(9)19-16(21)10(2)24-12-5-6-13(17)14(18)8-12/h3-8,10H,1-2H3,(H,19,21). The maximum Gasteiger partial charge on any atom is 0.271 e. The van der Waals surface area contributed by atoms with Crippen LogP contribution in [0.5, 0.6) is 5.75 Å². The Kier molecular flexibility index (Phi) is 5.08. The van der Waals surface area contributed by atoms with E-state index in [0.717, 1.165) is 12.1 Å². The second kappa shape index (κ2) is 7.03. The van der Waals surface area contributed by atoms with E-state index >= 15 is 0 Å². The van der Waals surface area contributed by atoms with Crippen molar-refractivity contribution in [2.24, 2.45) is 0 Å². The number of halogens is 2. The van der Waals surface area contributed by atoms with Crippen LogP contribution in [0.25, 0.3) is 0 Å². The van der Waals surface area contributed by atoms with E-state index in [0.29, 0.717) is 5.56 Å². The number of benzene rings is 2. The van der Waals surface area contributed by atoms with Crippen LogP contribution in [0.2, 0.25) is 0 Å². The summed E-state index contributed by atoms with van der Waals surface area (Å²) in [7, 11) is 0. The molecule has 0 aliphatic carbocycles. The first-order valence-corrected chi connectivity index (χ1v) is 6.95. The van der Waals surface area contributed by atoms with Crippen LogP contribution in [0.3, 0.4) is 0 Å². The highest BCUT2D eigenvalue weighted by Gasteiger charge is 2.18. The van der Waals surface area contributed by atoms with Gasteiger partial charge in [-0.15, -0.1) is 0 Å². The van der Waals surface area contributed by atoms with Gasteiger partial charge < -0.3 is 10.1 Å². The lowest BCUT2D eigenvalue weighted by Crippen LogP contribution is -2.30. The molecule has 1 atom stereocenters. The number of hydrogen-bond acceptors (Lipinski definition) is 4. The highest BCUT2D eigenvalue weighted by atomic mass is 19.2. The van der Waals surface area contributed by atoms with Gasteiger partial charge in [-0.25, -0.2) is 8.78 Å². The summed E-state index contributed by atoms with van der Waals surface area (Å²) in [5.74, 6) is -2.70. The summed E-state index contributed by atoms with van der Waals surface area (Å²) in [6.07, 6.45) is -1.02. The van der Waals surface area contributed by atoms with Gasteiger partial charge in [0.2, 0.25) is 0 Å². The van der Waals surface area contributed by atoms with Crippen molar-refractivity contribution in [1.82, 2.24) is 0 Å². The number of carbonyl (C=O) groups excluding carboxylic acids is 1. The fraction of sp³-hybridized carbons (Fsp3) is 0.188. The Bertz CT molecular complexity index is 796.